The second kappa shape index (κ2) is 21.9. The summed E-state index contributed by atoms with van der Waals surface area (Å²) in [5.74, 6) is 1.96. The Bertz CT molecular complexity index is 2080. The maximum atomic E-state index is 13.0. The average Bonchev–Trinajstić information content (AvgIpc) is 3.19. The Kier molecular flexibility index (Phi) is 18.2. The molecule has 2 aromatic carbocycles. The summed E-state index contributed by atoms with van der Waals surface area (Å²) in [6, 6.07) is 8.11. The number of fused-ring (bicyclic) bond motifs is 6. The zero-order valence-electron chi connectivity index (χ0n) is 44.9. The molecule has 4 aliphatic rings. The number of nitrogens with two attached hydrogens (primary N) is 1. The lowest BCUT2D eigenvalue weighted by atomic mass is 9.65. The van der Waals surface area contributed by atoms with Crippen LogP contribution in [0.25, 0.3) is 0 Å². The highest BCUT2D eigenvalue weighted by atomic mass is 16.5. The van der Waals surface area contributed by atoms with Crippen molar-refractivity contribution in [3.05, 3.63) is 69.8 Å². The van der Waals surface area contributed by atoms with Gasteiger partial charge in [-0.25, -0.2) is 4.79 Å². The molecule has 8 nitrogen and oxygen atoms in total. The summed E-state index contributed by atoms with van der Waals surface area (Å²) in [7, 11) is 0. The molecule has 8 heteroatoms. The molecule has 0 saturated heterocycles. The quantitative estimate of drug-likeness (QED) is 0.130. The normalized spacial score (nSPS) is 21.7. The molecule has 0 aromatic heterocycles. The summed E-state index contributed by atoms with van der Waals surface area (Å²) < 4.78 is 13.0. The lowest BCUT2D eigenvalue weighted by Gasteiger charge is -2.47. The number of carbonyl (C=O) groups excluding carboxylic acids is 1. The van der Waals surface area contributed by atoms with Gasteiger partial charge in [0.05, 0.1) is 0 Å². The molecule has 6 rings (SSSR count). The van der Waals surface area contributed by atoms with Gasteiger partial charge in [-0.15, -0.1) is 0 Å². The van der Waals surface area contributed by atoms with Gasteiger partial charge in [0.25, 0.3) is 0 Å². The highest BCUT2D eigenvalue weighted by Crippen LogP contribution is 2.57. The van der Waals surface area contributed by atoms with Crippen LogP contribution in [-0.2, 0) is 20.4 Å². The molecule has 2 aliphatic carbocycles. The lowest BCUT2D eigenvalue weighted by Crippen LogP contribution is -2.46. The first kappa shape index (κ1) is 55.8. The van der Waals surface area contributed by atoms with E-state index < -0.39 is 11.6 Å². The van der Waals surface area contributed by atoms with E-state index in [1.165, 1.54) is 51.4 Å². The van der Waals surface area contributed by atoms with Crippen molar-refractivity contribution in [1.82, 2.24) is 0 Å². The molecule has 0 unspecified atom stereocenters. The van der Waals surface area contributed by atoms with E-state index in [1.54, 1.807) is 0 Å². The number of hydrogen-bond donors (Lipinski definition) is 4. The van der Waals surface area contributed by atoms with Crippen LogP contribution in [0.1, 0.15) is 241 Å². The number of allylic oxidation sites excluding steroid dienone is 3. The van der Waals surface area contributed by atoms with Gasteiger partial charge in [-0.2, -0.15) is 0 Å². The van der Waals surface area contributed by atoms with Crippen LogP contribution in [0.4, 0.5) is 0 Å². The van der Waals surface area contributed by atoms with Gasteiger partial charge in [0, 0.05) is 52.3 Å². The third-order valence-corrected chi connectivity index (χ3v) is 14.8. The summed E-state index contributed by atoms with van der Waals surface area (Å²) in [5.41, 5.74) is 9.78. The van der Waals surface area contributed by atoms with Crippen molar-refractivity contribution in [3.8, 4) is 23.0 Å². The molecule has 0 amide bonds. The number of phenolic OH excluding ortho intramolecular Hbond substituents is 2. The molecule has 0 bridgehead atoms. The number of ketones is 1. The Morgan fingerprint density at radius 1 is 0.627 bits per heavy atom. The maximum Gasteiger partial charge on any atom is 0.331 e. The molecule has 5 N–H and O–H groups in total. The molecule has 0 radical (unpaired) electrons. The molecular weight excluding hydrogens is 835 g/mol. The molecule has 376 valence electrons. The van der Waals surface area contributed by atoms with Crippen LogP contribution in [0.5, 0.6) is 23.0 Å². The predicted octanol–water partition coefficient (Wildman–Crippen LogP) is 15.3. The SMILES string of the molecule is CC(C)(C)N.CCCCCCC(C)(C)c1cc(O)c2c(c1)OC(C)(C)[C@@H]1CC=C(C(=O)CC(C)(C)C)C[C@@H]21.CCCCCCC(C)(C)c1cc(O)c2c(c1)OC(C)(C)[C@@H]1CC=C(C(=O)O)C[C@@H]21. The third-order valence-electron chi connectivity index (χ3n) is 14.8. The van der Waals surface area contributed by atoms with E-state index in [4.69, 9.17) is 15.2 Å². The Morgan fingerprint density at radius 2 is 1.00 bits per heavy atom. The molecule has 67 heavy (non-hydrogen) atoms. The summed E-state index contributed by atoms with van der Waals surface area (Å²) in [4.78, 5) is 24.6. The maximum absolute atomic E-state index is 13.0. The van der Waals surface area contributed by atoms with Gasteiger partial charge < -0.3 is 30.5 Å². The molecule has 0 spiro atoms. The highest BCUT2D eigenvalue weighted by Gasteiger charge is 2.49. The summed E-state index contributed by atoms with van der Waals surface area (Å²) in [6.45, 7) is 34.1. The van der Waals surface area contributed by atoms with Gasteiger partial charge in [0.2, 0.25) is 0 Å². The first-order chi connectivity index (χ1) is 30.8. The van der Waals surface area contributed by atoms with Crippen molar-refractivity contribution in [1.29, 1.82) is 0 Å². The molecule has 2 aliphatic heterocycles. The topological polar surface area (TPSA) is 139 Å². The number of benzene rings is 2. The molecule has 4 atom stereocenters. The number of Topliss-reactive ketones (excluding diaryl/α,β-unsaturated/α-hetero) is 1. The molecule has 0 saturated carbocycles. The Balaban J connectivity index is 0.000000267. The smallest absolute Gasteiger partial charge is 0.331 e. The Morgan fingerprint density at radius 3 is 1.36 bits per heavy atom. The summed E-state index contributed by atoms with van der Waals surface area (Å²) in [6.07, 6.45) is 19.1. The first-order valence-electron chi connectivity index (χ1n) is 25.9. The van der Waals surface area contributed by atoms with Gasteiger partial charge >= 0.3 is 5.97 Å². The van der Waals surface area contributed by atoms with Crippen LogP contribution in [-0.4, -0.2) is 43.8 Å². The van der Waals surface area contributed by atoms with E-state index in [1.807, 2.05) is 39.0 Å². The minimum atomic E-state index is -0.862. The van der Waals surface area contributed by atoms with Crippen LogP contribution in [0.3, 0.4) is 0 Å². The number of unbranched alkanes of at least 4 members (excludes halogenated alkanes) is 6. The number of carboxylic acid groups (broad SMARTS) is 1. The van der Waals surface area contributed by atoms with E-state index in [2.05, 4.69) is 108 Å². The molecular formula is C59H93NO7. The van der Waals surface area contributed by atoms with Gasteiger partial charge in [0.15, 0.2) is 5.78 Å². The number of rotatable bonds is 15. The van der Waals surface area contributed by atoms with Crippen molar-refractivity contribution in [3.63, 3.8) is 0 Å². The summed E-state index contributed by atoms with van der Waals surface area (Å²) >= 11 is 0. The average molecular weight is 928 g/mol. The minimum absolute atomic E-state index is 0. The monoisotopic (exact) mass is 928 g/mol. The van der Waals surface area contributed by atoms with E-state index >= 15 is 0 Å². The standard InChI is InChI=1S/C30H46O3.C25H36O4.C4H11N/c1-9-10-11-12-15-29(5,6)21-17-24(31)27-22-16-20(25(32)19-28(2,3)4)13-14-23(22)30(7,8)33-26(27)18-21;1-6-7-8-9-12-24(2,3)17-14-20(26)22-18-13-16(23(27)28)10-11-19(18)25(4,5)29-21(22)15-17;1-4(2,3)5/h13,17-18,22-23,31H,9-12,14-16,19H2,1-8H3;10,14-15,18-19,26H,6-9,11-13H2,1-5H3,(H,27,28);5H2,1-3H3/t22-,23-;18-,19-;/m11./s1. The number of hydrogen-bond acceptors (Lipinski definition) is 7. The lowest BCUT2D eigenvalue weighted by molar-refractivity contribution is -0.133. The zero-order chi connectivity index (χ0) is 50.5. The van der Waals surface area contributed by atoms with Crippen LogP contribution in [0.15, 0.2) is 47.6 Å². The number of ether oxygens (including phenoxy) is 2. The number of carbonyl (C=O) groups is 2. The second-order valence-corrected chi connectivity index (χ2v) is 25.2. The van der Waals surface area contributed by atoms with Crippen molar-refractivity contribution < 1.29 is 34.4 Å². The predicted molar refractivity (Wildman–Crippen MR) is 277 cm³/mol. The molecule has 0 fully saturated rings. The Hall–Kier alpha value is -3.78. The highest BCUT2D eigenvalue weighted by molar-refractivity contribution is 5.96. The van der Waals surface area contributed by atoms with Crippen molar-refractivity contribution in [2.24, 2.45) is 23.0 Å². The van der Waals surface area contributed by atoms with Gasteiger partial charge in [0.1, 0.15) is 34.2 Å². The number of aliphatic carboxylic acids is 1. The van der Waals surface area contributed by atoms with E-state index in [0.717, 1.165) is 58.6 Å². The largest absolute Gasteiger partial charge is 0.508 e. The number of phenols is 2. The zero-order valence-corrected chi connectivity index (χ0v) is 44.9. The molecule has 2 heterocycles. The van der Waals surface area contributed by atoms with Gasteiger partial charge in [-0.05, 0) is 144 Å². The van der Waals surface area contributed by atoms with Crippen LogP contribution >= 0.6 is 0 Å². The Labute approximate surface area is 407 Å². The minimum Gasteiger partial charge on any atom is -0.508 e. The number of aromatic hydroxyl groups is 2. The van der Waals surface area contributed by atoms with Crippen LogP contribution < -0.4 is 15.2 Å². The van der Waals surface area contributed by atoms with E-state index in [-0.39, 0.29) is 62.6 Å². The van der Waals surface area contributed by atoms with Gasteiger partial charge in [-0.3, -0.25) is 4.79 Å². The number of carboxylic acids is 1. The first-order valence-corrected chi connectivity index (χ1v) is 25.9. The van der Waals surface area contributed by atoms with Crippen LogP contribution in [0, 0.1) is 17.3 Å². The third kappa shape index (κ3) is 14.9. The summed E-state index contributed by atoms with van der Waals surface area (Å²) in [5, 5.41) is 31.7. The molecule has 2 aromatic rings. The van der Waals surface area contributed by atoms with E-state index in [0.29, 0.717) is 37.0 Å². The second-order valence-electron chi connectivity index (χ2n) is 25.2. The van der Waals surface area contributed by atoms with Gasteiger partial charge in [-0.1, -0.05) is 126 Å². The van der Waals surface area contributed by atoms with E-state index in [9.17, 15) is 24.9 Å². The van der Waals surface area contributed by atoms with Crippen molar-refractivity contribution >= 4 is 11.8 Å². The van der Waals surface area contributed by atoms with Crippen LogP contribution in [0.2, 0.25) is 0 Å². The van der Waals surface area contributed by atoms with Crippen molar-refractivity contribution in [2.45, 2.75) is 246 Å². The fourth-order valence-electron chi connectivity index (χ4n) is 10.8. The fourth-order valence-corrected chi connectivity index (χ4v) is 10.8. The van der Waals surface area contributed by atoms with Crippen molar-refractivity contribution in [2.75, 3.05) is 0 Å². The fraction of sp³-hybridized carbons (Fsp3) is 0.695.